The molecule has 2 saturated heterocycles. The molecule has 5 atom stereocenters. The lowest BCUT2D eigenvalue weighted by molar-refractivity contribution is -0.131. The van der Waals surface area contributed by atoms with Gasteiger partial charge in [0.1, 0.15) is 6.10 Å². The van der Waals surface area contributed by atoms with Crippen LogP contribution in [0.2, 0.25) is 0 Å². The van der Waals surface area contributed by atoms with Gasteiger partial charge in [-0.2, -0.15) is 0 Å². The van der Waals surface area contributed by atoms with Crippen molar-refractivity contribution in [3.8, 4) is 0 Å². The molecule has 3 aliphatic rings. The Labute approximate surface area is 192 Å². The van der Waals surface area contributed by atoms with Gasteiger partial charge in [0, 0.05) is 36.8 Å². The second kappa shape index (κ2) is 10.0. The van der Waals surface area contributed by atoms with E-state index in [4.69, 9.17) is 17.0 Å². The van der Waals surface area contributed by atoms with Crippen molar-refractivity contribution in [3.05, 3.63) is 24.3 Å². The zero-order valence-corrected chi connectivity index (χ0v) is 19.2. The maximum Gasteiger partial charge on any atom is 0.225 e. The first-order chi connectivity index (χ1) is 15.0. The first kappa shape index (κ1) is 22.8. The average molecular weight is 467 g/mol. The summed E-state index contributed by atoms with van der Waals surface area (Å²) in [5, 5.41) is 27.7. The molecule has 0 radical (unpaired) electrons. The first-order valence-electron chi connectivity index (χ1n) is 10.7. The van der Waals surface area contributed by atoms with E-state index in [-0.39, 0.29) is 18.4 Å². The largest absolute Gasteiger partial charge is 0.390 e. The highest BCUT2D eigenvalue weighted by Crippen LogP contribution is 2.37. The summed E-state index contributed by atoms with van der Waals surface area (Å²) in [7, 11) is 0. The minimum atomic E-state index is -0.990. The molecule has 5 unspecified atom stereocenters. The number of hydrogen-bond acceptors (Lipinski definition) is 7. The van der Waals surface area contributed by atoms with E-state index < -0.39 is 24.2 Å². The van der Waals surface area contributed by atoms with Gasteiger partial charge in [0.05, 0.1) is 37.3 Å². The number of nitrogens with zero attached hydrogens (tertiary/aromatic N) is 2. The Kier molecular flexibility index (Phi) is 7.35. The minimum Gasteiger partial charge on any atom is -0.390 e. The number of thioether (sulfide) groups is 1. The number of hydrogen-bond donors (Lipinski definition) is 4. The van der Waals surface area contributed by atoms with Gasteiger partial charge in [-0.3, -0.25) is 9.69 Å². The van der Waals surface area contributed by atoms with Gasteiger partial charge >= 0.3 is 0 Å². The van der Waals surface area contributed by atoms with Gasteiger partial charge in [0.2, 0.25) is 5.91 Å². The molecule has 0 bridgehead atoms. The molecule has 1 saturated carbocycles. The van der Waals surface area contributed by atoms with Crippen molar-refractivity contribution < 1.29 is 19.7 Å². The summed E-state index contributed by atoms with van der Waals surface area (Å²) in [5.74, 6) is -0.618. The Hall–Kier alpha value is -1.43. The molecular formula is C21H30N4O4S2. The number of anilines is 1. The van der Waals surface area contributed by atoms with Crippen molar-refractivity contribution in [2.75, 3.05) is 50.5 Å². The predicted octanol–water partition coefficient (Wildman–Crippen LogP) is 0.0303. The highest BCUT2D eigenvalue weighted by atomic mass is 32.2. The third-order valence-corrected chi connectivity index (χ3v) is 7.42. The molecule has 3 fully saturated rings. The topological polar surface area (TPSA) is 97.3 Å². The van der Waals surface area contributed by atoms with Crippen LogP contribution in [0.3, 0.4) is 0 Å². The molecule has 1 aromatic carbocycles. The fourth-order valence-corrected chi connectivity index (χ4v) is 5.45. The maximum absolute atomic E-state index is 13.2. The van der Waals surface area contributed by atoms with Crippen LogP contribution in [0.5, 0.6) is 0 Å². The summed E-state index contributed by atoms with van der Waals surface area (Å²) in [6.07, 6.45) is 0.236. The lowest BCUT2D eigenvalue weighted by Gasteiger charge is -2.41. The van der Waals surface area contributed by atoms with Crippen LogP contribution in [-0.4, -0.2) is 96.1 Å². The van der Waals surface area contributed by atoms with E-state index >= 15 is 0 Å². The smallest absolute Gasteiger partial charge is 0.225 e. The molecule has 8 nitrogen and oxygen atoms in total. The van der Waals surface area contributed by atoms with Crippen LogP contribution in [0.4, 0.5) is 5.69 Å². The van der Waals surface area contributed by atoms with Gasteiger partial charge in [-0.05, 0) is 49.2 Å². The molecule has 10 heteroatoms. The number of aliphatic hydroxyl groups excluding tert-OH is 2. The first-order valence-corrected chi connectivity index (χ1v) is 12.3. The van der Waals surface area contributed by atoms with Crippen molar-refractivity contribution in [2.45, 2.75) is 35.6 Å². The molecule has 2 aliphatic heterocycles. The number of amides is 1. The van der Waals surface area contributed by atoms with E-state index in [1.807, 2.05) is 35.4 Å². The molecule has 170 valence electrons. The number of nitrogens with one attached hydrogen (secondary N) is 2. The normalized spacial score (nSPS) is 31.3. The Balaban J connectivity index is 1.49. The highest BCUT2D eigenvalue weighted by molar-refractivity contribution is 7.98. The summed E-state index contributed by atoms with van der Waals surface area (Å²) < 4.78 is 5.36. The summed E-state index contributed by atoms with van der Waals surface area (Å²) >= 11 is 7.22. The van der Waals surface area contributed by atoms with Crippen molar-refractivity contribution in [1.82, 2.24) is 15.5 Å². The van der Waals surface area contributed by atoms with Gasteiger partial charge in [-0.25, -0.2) is 0 Å². The fraction of sp³-hybridized carbons (Fsp3) is 0.619. The number of aliphatic hydroxyl groups is 2. The monoisotopic (exact) mass is 466 g/mol. The number of rotatable bonds is 6. The van der Waals surface area contributed by atoms with E-state index in [0.717, 1.165) is 43.4 Å². The van der Waals surface area contributed by atoms with E-state index in [1.165, 1.54) is 0 Å². The molecule has 1 aliphatic carbocycles. The van der Waals surface area contributed by atoms with Crippen LogP contribution in [0, 0.1) is 5.92 Å². The lowest BCUT2D eigenvalue weighted by atomic mass is 9.77. The average Bonchev–Trinajstić information content (AvgIpc) is 3.14. The molecule has 4 rings (SSSR count). The SMILES string of the molecule is CSc1ccc(N2C(=S)NC3C(O)C(O)CC(C(=O)NCCN4CCOCC4)C32)cc1. The minimum absolute atomic E-state index is 0.119. The van der Waals surface area contributed by atoms with Crippen LogP contribution in [0.1, 0.15) is 6.42 Å². The van der Waals surface area contributed by atoms with Gasteiger partial charge in [-0.1, -0.05) is 0 Å². The Morgan fingerprint density at radius 2 is 2.00 bits per heavy atom. The van der Waals surface area contributed by atoms with E-state index in [9.17, 15) is 15.0 Å². The Morgan fingerprint density at radius 3 is 2.68 bits per heavy atom. The number of carbonyl (C=O) groups excluding carboxylic acids is 1. The van der Waals surface area contributed by atoms with E-state index in [0.29, 0.717) is 11.7 Å². The second-order valence-electron chi connectivity index (χ2n) is 8.18. The molecule has 31 heavy (non-hydrogen) atoms. The fourth-order valence-electron chi connectivity index (χ4n) is 4.68. The summed E-state index contributed by atoms with van der Waals surface area (Å²) in [6, 6.07) is 7.11. The van der Waals surface area contributed by atoms with Gasteiger partial charge < -0.3 is 30.5 Å². The van der Waals surface area contributed by atoms with Crippen LogP contribution in [-0.2, 0) is 9.53 Å². The van der Waals surface area contributed by atoms with Crippen LogP contribution >= 0.6 is 24.0 Å². The molecule has 0 spiro atoms. The summed E-state index contributed by atoms with van der Waals surface area (Å²) in [5.41, 5.74) is 0.873. The number of fused-ring (bicyclic) bond motifs is 1. The molecule has 1 amide bonds. The van der Waals surface area contributed by atoms with Crippen LogP contribution in [0.15, 0.2) is 29.2 Å². The van der Waals surface area contributed by atoms with Crippen molar-refractivity contribution >= 4 is 40.7 Å². The Morgan fingerprint density at radius 1 is 1.29 bits per heavy atom. The quantitative estimate of drug-likeness (QED) is 0.342. The molecule has 1 aromatic rings. The summed E-state index contributed by atoms with van der Waals surface area (Å²) in [6.45, 7) is 4.47. The highest BCUT2D eigenvalue weighted by Gasteiger charge is 2.53. The van der Waals surface area contributed by atoms with Gasteiger partial charge in [0.15, 0.2) is 5.11 Å². The Bertz CT molecular complexity index is 790. The molecular weight excluding hydrogens is 436 g/mol. The lowest BCUT2D eigenvalue weighted by Crippen LogP contribution is -2.61. The molecule has 2 heterocycles. The van der Waals surface area contributed by atoms with Crippen LogP contribution < -0.4 is 15.5 Å². The van der Waals surface area contributed by atoms with Crippen molar-refractivity contribution in [2.24, 2.45) is 5.92 Å². The number of benzene rings is 1. The molecule has 0 aromatic heterocycles. The van der Waals surface area contributed by atoms with Crippen molar-refractivity contribution in [1.29, 1.82) is 0 Å². The third-order valence-electron chi connectivity index (χ3n) is 6.36. The van der Waals surface area contributed by atoms with E-state index in [1.54, 1.807) is 11.8 Å². The van der Waals surface area contributed by atoms with Gasteiger partial charge in [-0.15, -0.1) is 11.8 Å². The number of morpholine rings is 1. The predicted molar refractivity (Wildman–Crippen MR) is 124 cm³/mol. The van der Waals surface area contributed by atoms with Crippen LogP contribution in [0.25, 0.3) is 0 Å². The second-order valence-corrected chi connectivity index (χ2v) is 9.45. The van der Waals surface area contributed by atoms with Crippen molar-refractivity contribution in [3.63, 3.8) is 0 Å². The zero-order valence-electron chi connectivity index (χ0n) is 17.6. The standard InChI is InChI=1S/C21H30N4O4S2/c1-31-14-4-2-13(3-5-14)25-18-15(12-16(26)19(27)17(18)23-21(25)30)20(28)22-6-7-24-8-10-29-11-9-24/h2-5,15-19,26-27H,6-12H2,1H3,(H,22,28)(H,23,30). The third kappa shape index (κ3) is 4.84. The van der Waals surface area contributed by atoms with E-state index in [2.05, 4.69) is 15.5 Å². The van der Waals surface area contributed by atoms with Gasteiger partial charge in [0.25, 0.3) is 0 Å². The number of thiocarbonyl (C=S) groups is 1. The summed E-state index contributed by atoms with van der Waals surface area (Å²) in [4.78, 5) is 18.5. The zero-order chi connectivity index (χ0) is 22.0. The maximum atomic E-state index is 13.2. The number of ether oxygens (including phenoxy) is 1. The number of carbonyl (C=O) groups is 1. The molecule has 4 N–H and O–H groups in total.